The van der Waals surface area contributed by atoms with Crippen molar-refractivity contribution in [1.29, 1.82) is 0 Å². The Balaban J connectivity index is 1.45. The number of phenols is 1. The third-order valence-corrected chi connectivity index (χ3v) is 3.92. The van der Waals surface area contributed by atoms with Crippen LogP contribution < -0.4 is 10.6 Å². The van der Waals surface area contributed by atoms with Gasteiger partial charge < -0.3 is 20.3 Å². The maximum absolute atomic E-state index is 9.58. The molecular weight excluding hydrogens is 356 g/mol. The number of hydrogen-bond acceptors (Lipinski definition) is 8. The lowest BCUT2D eigenvalue weighted by atomic mass is 10.2. The first-order chi connectivity index (χ1) is 13.7. The summed E-state index contributed by atoms with van der Waals surface area (Å²) in [5.41, 5.74) is 3.13. The molecule has 140 valence electrons. The fourth-order valence-corrected chi connectivity index (χ4v) is 2.65. The molecule has 4 aromatic rings. The molecule has 3 aromatic heterocycles. The van der Waals surface area contributed by atoms with Gasteiger partial charge in [-0.1, -0.05) is 11.2 Å². The Hall–Kier alpha value is -3.94. The molecule has 3 N–H and O–H groups in total. The summed E-state index contributed by atoms with van der Waals surface area (Å²) < 4.78 is 5.38. The van der Waals surface area contributed by atoms with Crippen molar-refractivity contribution in [1.82, 2.24) is 20.1 Å². The number of nitrogens with one attached hydrogen (secondary N) is 2. The number of nitrogens with zero attached hydrogens (tertiary/aromatic N) is 4. The smallest absolute Gasteiger partial charge is 0.229 e. The van der Waals surface area contributed by atoms with Crippen molar-refractivity contribution in [2.75, 3.05) is 10.6 Å². The number of aryl methyl sites for hydroxylation is 1. The second kappa shape index (κ2) is 7.75. The van der Waals surface area contributed by atoms with Crippen molar-refractivity contribution in [3.8, 4) is 17.0 Å². The third-order valence-electron chi connectivity index (χ3n) is 3.92. The summed E-state index contributed by atoms with van der Waals surface area (Å²) in [6.07, 6.45) is 3.45. The van der Waals surface area contributed by atoms with E-state index in [9.17, 15) is 5.11 Å². The number of phenolic OH excluding ortho intramolecular Hbond substituents is 1. The molecule has 0 radical (unpaired) electrons. The first-order valence-corrected chi connectivity index (χ1v) is 8.67. The zero-order valence-corrected chi connectivity index (χ0v) is 15.1. The molecule has 8 nitrogen and oxygen atoms in total. The van der Waals surface area contributed by atoms with Gasteiger partial charge in [-0.05, 0) is 31.2 Å². The van der Waals surface area contributed by atoms with Crippen LogP contribution in [0, 0.1) is 6.92 Å². The predicted octanol–water partition coefficient (Wildman–Crippen LogP) is 3.90. The van der Waals surface area contributed by atoms with Crippen molar-refractivity contribution in [3.05, 3.63) is 72.4 Å². The summed E-state index contributed by atoms with van der Waals surface area (Å²) in [7, 11) is 0. The topological polar surface area (TPSA) is 109 Å². The monoisotopic (exact) mass is 374 g/mol. The maximum Gasteiger partial charge on any atom is 0.229 e. The molecule has 0 aliphatic rings. The number of hydrogen-bond donors (Lipinski definition) is 3. The molecule has 8 heteroatoms. The van der Waals surface area contributed by atoms with E-state index in [4.69, 9.17) is 4.52 Å². The zero-order valence-electron chi connectivity index (χ0n) is 15.1. The molecule has 4 rings (SSSR count). The summed E-state index contributed by atoms with van der Waals surface area (Å²) >= 11 is 0. The SMILES string of the molecule is Cc1cc(NCc2cc(-c3cccnc3)no2)nc(Nc2cccc(O)c2)n1. The van der Waals surface area contributed by atoms with Crippen LogP contribution in [0.1, 0.15) is 11.5 Å². The highest BCUT2D eigenvalue weighted by atomic mass is 16.5. The number of pyridine rings is 1. The van der Waals surface area contributed by atoms with Crippen LogP contribution in [0.25, 0.3) is 11.3 Å². The van der Waals surface area contributed by atoms with Gasteiger partial charge in [-0.3, -0.25) is 4.98 Å². The minimum atomic E-state index is 0.172. The number of aromatic nitrogens is 4. The second-order valence-corrected chi connectivity index (χ2v) is 6.17. The van der Waals surface area contributed by atoms with Gasteiger partial charge in [0, 0.05) is 47.5 Å². The van der Waals surface area contributed by atoms with Crippen molar-refractivity contribution in [3.63, 3.8) is 0 Å². The molecular formula is C20H18N6O2. The highest BCUT2D eigenvalue weighted by molar-refractivity contribution is 5.58. The molecule has 28 heavy (non-hydrogen) atoms. The van der Waals surface area contributed by atoms with Gasteiger partial charge in [-0.25, -0.2) is 4.98 Å². The minimum Gasteiger partial charge on any atom is -0.508 e. The Labute approximate surface area is 161 Å². The number of anilines is 3. The van der Waals surface area contributed by atoms with Crippen molar-refractivity contribution >= 4 is 17.5 Å². The molecule has 0 spiro atoms. The molecule has 0 fully saturated rings. The quantitative estimate of drug-likeness (QED) is 0.466. The molecule has 0 amide bonds. The minimum absolute atomic E-state index is 0.172. The second-order valence-electron chi connectivity index (χ2n) is 6.17. The highest BCUT2D eigenvalue weighted by Gasteiger charge is 2.08. The van der Waals surface area contributed by atoms with Gasteiger partial charge >= 0.3 is 0 Å². The average Bonchev–Trinajstić information content (AvgIpc) is 3.16. The van der Waals surface area contributed by atoms with Gasteiger partial charge in [0.1, 0.15) is 17.3 Å². The molecule has 0 bridgehead atoms. The van der Waals surface area contributed by atoms with Crippen LogP contribution in [-0.2, 0) is 6.54 Å². The Morgan fingerprint density at radius 2 is 2.00 bits per heavy atom. The van der Waals surface area contributed by atoms with E-state index in [1.807, 2.05) is 37.3 Å². The van der Waals surface area contributed by atoms with Crippen molar-refractivity contribution in [2.24, 2.45) is 0 Å². The zero-order chi connectivity index (χ0) is 19.3. The standard InChI is InChI=1S/C20H18N6O2/c1-13-8-19(25-20(23-13)24-15-5-2-6-16(27)9-15)22-12-17-10-18(26-28-17)14-4-3-7-21-11-14/h2-11,27H,12H2,1H3,(H2,22,23,24,25). The van der Waals surface area contributed by atoms with Crippen LogP contribution in [0.2, 0.25) is 0 Å². The lowest BCUT2D eigenvalue weighted by Gasteiger charge is -2.09. The molecule has 0 saturated carbocycles. The Morgan fingerprint density at radius 3 is 2.82 bits per heavy atom. The van der Waals surface area contributed by atoms with E-state index in [-0.39, 0.29) is 5.75 Å². The van der Waals surface area contributed by atoms with Gasteiger partial charge in [-0.2, -0.15) is 4.98 Å². The Kier molecular flexibility index (Phi) is 4.83. The third kappa shape index (κ3) is 4.24. The normalized spacial score (nSPS) is 10.6. The molecule has 0 saturated heterocycles. The number of aromatic hydroxyl groups is 1. The largest absolute Gasteiger partial charge is 0.508 e. The first-order valence-electron chi connectivity index (χ1n) is 8.67. The maximum atomic E-state index is 9.58. The fourth-order valence-electron chi connectivity index (χ4n) is 2.65. The van der Waals surface area contributed by atoms with Gasteiger partial charge in [0.2, 0.25) is 5.95 Å². The van der Waals surface area contributed by atoms with E-state index in [0.29, 0.717) is 29.8 Å². The van der Waals surface area contributed by atoms with E-state index in [0.717, 1.165) is 17.0 Å². The van der Waals surface area contributed by atoms with Crippen LogP contribution in [0.3, 0.4) is 0 Å². The van der Waals surface area contributed by atoms with Crippen molar-refractivity contribution in [2.45, 2.75) is 13.5 Å². The highest BCUT2D eigenvalue weighted by Crippen LogP contribution is 2.21. The molecule has 0 unspecified atom stereocenters. The van der Waals surface area contributed by atoms with E-state index < -0.39 is 0 Å². The molecule has 3 heterocycles. The van der Waals surface area contributed by atoms with E-state index in [1.165, 1.54) is 0 Å². The fraction of sp³-hybridized carbons (Fsp3) is 0.100. The van der Waals surface area contributed by atoms with Gasteiger partial charge in [0.05, 0.1) is 6.54 Å². The van der Waals surface area contributed by atoms with Crippen LogP contribution >= 0.6 is 0 Å². The molecule has 1 aromatic carbocycles. The van der Waals surface area contributed by atoms with Crippen LogP contribution in [0.15, 0.2) is 65.4 Å². The van der Waals surface area contributed by atoms with Gasteiger partial charge in [0.25, 0.3) is 0 Å². The summed E-state index contributed by atoms with van der Waals surface area (Å²) in [4.78, 5) is 12.9. The number of rotatable bonds is 6. The summed E-state index contributed by atoms with van der Waals surface area (Å²) in [6, 6.07) is 14.3. The van der Waals surface area contributed by atoms with E-state index in [1.54, 1.807) is 30.6 Å². The first kappa shape index (κ1) is 17.5. The summed E-state index contributed by atoms with van der Waals surface area (Å²) in [5, 5.41) is 20.0. The van der Waals surface area contributed by atoms with Crippen LogP contribution in [0.5, 0.6) is 5.75 Å². The lowest BCUT2D eigenvalue weighted by molar-refractivity contribution is 0.390. The Morgan fingerprint density at radius 1 is 1.07 bits per heavy atom. The predicted molar refractivity (Wildman–Crippen MR) is 105 cm³/mol. The van der Waals surface area contributed by atoms with Crippen LogP contribution in [-0.4, -0.2) is 25.2 Å². The number of benzene rings is 1. The summed E-state index contributed by atoms with van der Waals surface area (Å²) in [6.45, 7) is 2.31. The lowest BCUT2D eigenvalue weighted by Crippen LogP contribution is -2.05. The van der Waals surface area contributed by atoms with Crippen LogP contribution in [0.4, 0.5) is 17.5 Å². The molecule has 0 aliphatic carbocycles. The Bertz CT molecular complexity index is 1080. The van der Waals surface area contributed by atoms with E-state index in [2.05, 4.69) is 30.7 Å². The molecule has 0 atom stereocenters. The van der Waals surface area contributed by atoms with Gasteiger partial charge in [-0.15, -0.1) is 0 Å². The van der Waals surface area contributed by atoms with Gasteiger partial charge in [0.15, 0.2) is 5.76 Å². The average molecular weight is 374 g/mol. The van der Waals surface area contributed by atoms with E-state index >= 15 is 0 Å². The summed E-state index contributed by atoms with van der Waals surface area (Å²) in [5.74, 6) is 1.93. The molecule has 0 aliphatic heterocycles. The van der Waals surface area contributed by atoms with Crippen molar-refractivity contribution < 1.29 is 9.63 Å².